The molecule has 7 heteroatoms. The van der Waals surface area contributed by atoms with Gasteiger partial charge in [-0.3, -0.25) is 4.79 Å². The van der Waals surface area contributed by atoms with Crippen molar-refractivity contribution in [2.75, 3.05) is 33.3 Å². The molecule has 156 valence electrons. The Bertz CT molecular complexity index is 891. The van der Waals surface area contributed by atoms with E-state index in [2.05, 4.69) is 19.2 Å². The molecule has 1 N–H and O–H groups in total. The number of amides is 1. The van der Waals surface area contributed by atoms with E-state index < -0.39 is 11.9 Å². The summed E-state index contributed by atoms with van der Waals surface area (Å²) < 4.78 is 21.0. The molecular formula is C22H27NO6. The minimum Gasteiger partial charge on any atom is -0.493 e. The third kappa shape index (κ3) is 5.40. The van der Waals surface area contributed by atoms with E-state index in [0.717, 1.165) is 11.1 Å². The average molecular weight is 401 g/mol. The Labute approximate surface area is 170 Å². The molecule has 0 fully saturated rings. The Morgan fingerprint density at radius 2 is 1.62 bits per heavy atom. The number of carbonyl (C=O) groups excluding carboxylic acids is 2. The zero-order chi connectivity index (χ0) is 21.6. The lowest BCUT2D eigenvalue weighted by Gasteiger charge is -2.15. The molecule has 0 unspecified atom stereocenters. The molecule has 0 aliphatic heterocycles. The minimum absolute atomic E-state index is 0.150. The predicted molar refractivity (Wildman–Crippen MR) is 110 cm³/mol. The second kappa shape index (κ2) is 9.82. The van der Waals surface area contributed by atoms with Crippen molar-refractivity contribution in [1.82, 2.24) is 0 Å². The molecule has 0 saturated heterocycles. The quantitative estimate of drug-likeness (QED) is 0.675. The van der Waals surface area contributed by atoms with Crippen molar-refractivity contribution in [3.8, 4) is 17.2 Å². The maximum absolute atomic E-state index is 12.5. The molecule has 2 rings (SSSR count). The van der Waals surface area contributed by atoms with Crippen molar-refractivity contribution in [3.63, 3.8) is 0 Å². The van der Waals surface area contributed by atoms with Crippen LogP contribution in [-0.4, -0.2) is 39.8 Å². The SMILES string of the molecule is COC(=O)c1cc(OC)c(OC)cc1NC(=O)COc1cc(C(C)C)ccc1C. The number of nitrogens with one attached hydrogen (secondary N) is 1. The van der Waals surface area contributed by atoms with Gasteiger partial charge in [-0.15, -0.1) is 0 Å². The van der Waals surface area contributed by atoms with E-state index in [1.807, 2.05) is 25.1 Å². The zero-order valence-corrected chi connectivity index (χ0v) is 17.6. The summed E-state index contributed by atoms with van der Waals surface area (Å²) in [5.74, 6) is 0.688. The monoisotopic (exact) mass is 401 g/mol. The number of esters is 1. The maximum Gasteiger partial charge on any atom is 0.340 e. The molecule has 29 heavy (non-hydrogen) atoms. The van der Waals surface area contributed by atoms with Crippen LogP contribution in [0.4, 0.5) is 5.69 Å². The average Bonchev–Trinajstić information content (AvgIpc) is 2.71. The standard InChI is InChI=1S/C22H27NO6/c1-13(2)15-8-7-14(3)18(9-15)29-12-21(24)23-17-11-20(27-5)19(26-4)10-16(17)22(25)28-6/h7-11,13H,12H2,1-6H3,(H,23,24). The lowest BCUT2D eigenvalue weighted by atomic mass is 10.0. The van der Waals surface area contributed by atoms with E-state index in [1.165, 1.54) is 33.5 Å². The van der Waals surface area contributed by atoms with Gasteiger partial charge in [0.05, 0.1) is 32.6 Å². The van der Waals surface area contributed by atoms with Crippen LogP contribution in [-0.2, 0) is 9.53 Å². The van der Waals surface area contributed by atoms with Crippen LogP contribution < -0.4 is 19.5 Å². The summed E-state index contributed by atoms with van der Waals surface area (Å²) >= 11 is 0. The lowest BCUT2D eigenvalue weighted by molar-refractivity contribution is -0.118. The lowest BCUT2D eigenvalue weighted by Crippen LogP contribution is -2.22. The summed E-state index contributed by atoms with van der Waals surface area (Å²) in [7, 11) is 4.19. The molecule has 0 saturated carbocycles. The Balaban J connectivity index is 2.20. The first-order valence-corrected chi connectivity index (χ1v) is 9.18. The molecule has 0 aliphatic carbocycles. The van der Waals surface area contributed by atoms with Crippen LogP contribution in [0.5, 0.6) is 17.2 Å². The number of carbonyl (C=O) groups is 2. The number of rotatable bonds is 8. The van der Waals surface area contributed by atoms with Crippen LogP contribution in [0.3, 0.4) is 0 Å². The van der Waals surface area contributed by atoms with Gasteiger partial charge in [0.25, 0.3) is 5.91 Å². The second-order valence-corrected chi connectivity index (χ2v) is 6.76. The molecule has 2 aromatic carbocycles. The van der Waals surface area contributed by atoms with Crippen molar-refractivity contribution < 1.29 is 28.5 Å². The largest absolute Gasteiger partial charge is 0.493 e. The Morgan fingerprint density at radius 3 is 2.21 bits per heavy atom. The number of hydrogen-bond donors (Lipinski definition) is 1. The van der Waals surface area contributed by atoms with Crippen molar-refractivity contribution in [3.05, 3.63) is 47.0 Å². The zero-order valence-electron chi connectivity index (χ0n) is 17.6. The molecule has 7 nitrogen and oxygen atoms in total. The summed E-state index contributed by atoms with van der Waals surface area (Å²) in [4.78, 5) is 24.6. The predicted octanol–water partition coefficient (Wildman–Crippen LogP) is 3.94. The van der Waals surface area contributed by atoms with Gasteiger partial charge < -0.3 is 24.3 Å². The van der Waals surface area contributed by atoms with Gasteiger partial charge in [-0.1, -0.05) is 26.0 Å². The fourth-order valence-electron chi connectivity index (χ4n) is 2.72. The molecule has 0 heterocycles. The van der Waals surface area contributed by atoms with Crippen LogP contribution in [0, 0.1) is 6.92 Å². The molecule has 2 aromatic rings. The molecule has 0 aliphatic rings. The van der Waals surface area contributed by atoms with E-state index in [0.29, 0.717) is 23.2 Å². The minimum atomic E-state index is -0.609. The number of anilines is 1. The Hall–Kier alpha value is -3.22. The van der Waals surface area contributed by atoms with Crippen molar-refractivity contribution in [2.24, 2.45) is 0 Å². The molecule has 0 spiro atoms. The fourth-order valence-corrected chi connectivity index (χ4v) is 2.72. The number of benzene rings is 2. The van der Waals surface area contributed by atoms with Crippen molar-refractivity contribution in [2.45, 2.75) is 26.7 Å². The molecule has 0 atom stereocenters. The summed E-state index contributed by atoms with van der Waals surface area (Å²) in [6.07, 6.45) is 0. The van der Waals surface area contributed by atoms with Crippen LogP contribution in [0.15, 0.2) is 30.3 Å². The number of methoxy groups -OCH3 is 3. The van der Waals surface area contributed by atoms with Crippen LogP contribution >= 0.6 is 0 Å². The second-order valence-electron chi connectivity index (χ2n) is 6.76. The highest BCUT2D eigenvalue weighted by Gasteiger charge is 2.19. The number of aryl methyl sites for hydroxylation is 1. The van der Waals surface area contributed by atoms with Gasteiger partial charge >= 0.3 is 5.97 Å². The van der Waals surface area contributed by atoms with E-state index in [-0.39, 0.29) is 17.9 Å². The molecule has 0 radical (unpaired) electrons. The van der Waals surface area contributed by atoms with Gasteiger partial charge in [0, 0.05) is 12.1 Å². The Morgan fingerprint density at radius 1 is 0.966 bits per heavy atom. The van der Waals surface area contributed by atoms with Crippen LogP contribution in [0.1, 0.15) is 41.3 Å². The van der Waals surface area contributed by atoms with Gasteiger partial charge in [0.15, 0.2) is 18.1 Å². The topological polar surface area (TPSA) is 83.1 Å². The fraction of sp³-hybridized carbons (Fsp3) is 0.364. The normalized spacial score (nSPS) is 10.4. The maximum atomic E-state index is 12.5. The Kier molecular flexibility index (Phi) is 7.47. The summed E-state index contributed by atoms with van der Waals surface area (Å²) in [5, 5.41) is 2.68. The van der Waals surface area contributed by atoms with Gasteiger partial charge in [-0.2, -0.15) is 0 Å². The van der Waals surface area contributed by atoms with E-state index in [1.54, 1.807) is 0 Å². The summed E-state index contributed by atoms with van der Waals surface area (Å²) in [5.41, 5.74) is 2.45. The van der Waals surface area contributed by atoms with Crippen LogP contribution in [0.25, 0.3) is 0 Å². The van der Waals surface area contributed by atoms with Gasteiger partial charge in [0.2, 0.25) is 0 Å². The third-order valence-electron chi connectivity index (χ3n) is 4.44. The molecule has 0 bridgehead atoms. The first kappa shape index (κ1) is 22.1. The number of ether oxygens (including phenoxy) is 4. The highest BCUT2D eigenvalue weighted by molar-refractivity contribution is 6.02. The van der Waals surface area contributed by atoms with E-state index >= 15 is 0 Å². The van der Waals surface area contributed by atoms with Crippen molar-refractivity contribution in [1.29, 1.82) is 0 Å². The van der Waals surface area contributed by atoms with Gasteiger partial charge in [-0.05, 0) is 30.0 Å². The molecular weight excluding hydrogens is 374 g/mol. The highest BCUT2D eigenvalue weighted by atomic mass is 16.5. The van der Waals surface area contributed by atoms with Gasteiger partial charge in [0.1, 0.15) is 5.75 Å². The van der Waals surface area contributed by atoms with Crippen molar-refractivity contribution >= 4 is 17.6 Å². The molecule has 1 amide bonds. The first-order valence-electron chi connectivity index (χ1n) is 9.18. The first-order chi connectivity index (χ1) is 13.8. The molecule has 0 aromatic heterocycles. The van der Waals surface area contributed by atoms with E-state index in [9.17, 15) is 9.59 Å². The summed E-state index contributed by atoms with van der Waals surface area (Å²) in [6.45, 7) is 5.89. The third-order valence-corrected chi connectivity index (χ3v) is 4.44. The van der Waals surface area contributed by atoms with Gasteiger partial charge in [-0.25, -0.2) is 4.79 Å². The summed E-state index contributed by atoms with van der Waals surface area (Å²) in [6, 6.07) is 8.90. The van der Waals surface area contributed by atoms with E-state index in [4.69, 9.17) is 18.9 Å². The smallest absolute Gasteiger partial charge is 0.340 e. The highest BCUT2D eigenvalue weighted by Crippen LogP contribution is 2.34. The van der Waals surface area contributed by atoms with Crippen LogP contribution in [0.2, 0.25) is 0 Å². The number of hydrogen-bond acceptors (Lipinski definition) is 6.